The van der Waals surface area contributed by atoms with Crippen molar-refractivity contribution in [2.45, 2.75) is 59.4 Å². The van der Waals surface area contributed by atoms with Crippen molar-refractivity contribution in [2.75, 3.05) is 19.6 Å². The van der Waals surface area contributed by atoms with Crippen LogP contribution in [0.2, 0.25) is 0 Å². The Morgan fingerprint density at radius 3 is 2.12 bits per heavy atom. The molecular formula is C14H28N2O. The fraction of sp³-hybridized carbons (Fsp3) is 0.929. The van der Waals surface area contributed by atoms with E-state index < -0.39 is 0 Å². The number of carbonyl (C=O) groups excluding carboxylic acids is 1. The molecular weight excluding hydrogens is 212 g/mol. The Morgan fingerprint density at radius 1 is 1.12 bits per heavy atom. The topological polar surface area (TPSA) is 32.3 Å². The van der Waals surface area contributed by atoms with Gasteiger partial charge in [-0.25, -0.2) is 0 Å². The van der Waals surface area contributed by atoms with Crippen molar-refractivity contribution < 1.29 is 4.79 Å². The SMILES string of the molecule is CC(C)(C)CC(C)(C)NC(=O)CN1CCCC1. The van der Waals surface area contributed by atoms with Crippen LogP contribution in [0, 0.1) is 5.41 Å². The molecule has 0 saturated carbocycles. The Hall–Kier alpha value is -0.570. The molecule has 1 aliphatic heterocycles. The molecule has 17 heavy (non-hydrogen) atoms. The Balaban J connectivity index is 2.38. The number of hydrogen-bond donors (Lipinski definition) is 1. The van der Waals surface area contributed by atoms with Gasteiger partial charge in [0.25, 0.3) is 0 Å². The lowest BCUT2D eigenvalue weighted by molar-refractivity contribution is -0.123. The predicted molar refractivity (Wildman–Crippen MR) is 72.0 cm³/mol. The Morgan fingerprint density at radius 2 is 1.65 bits per heavy atom. The molecule has 1 fully saturated rings. The summed E-state index contributed by atoms with van der Waals surface area (Å²) in [4.78, 5) is 14.2. The van der Waals surface area contributed by atoms with E-state index in [1.807, 2.05) is 0 Å². The highest BCUT2D eigenvalue weighted by molar-refractivity contribution is 5.78. The monoisotopic (exact) mass is 240 g/mol. The van der Waals surface area contributed by atoms with Gasteiger partial charge in [-0.2, -0.15) is 0 Å². The van der Waals surface area contributed by atoms with E-state index in [1.165, 1.54) is 12.8 Å². The predicted octanol–water partition coefficient (Wildman–Crippen LogP) is 2.41. The van der Waals surface area contributed by atoms with Crippen molar-refractivity contribution in [3.8, 4) is 0 Å². The summed E-state index contributed by atoms with van der Waals surface area (Å²) in [6.45, 7) is 13.6. The van der Waals surface area contributed by atoms with Crippen molar-refractivity contribution in [2.24, 2.45) is 5.41 Å². The van der Waals surface area contributed by atoms with Gasteiger partial charge >= 0.3 is 0 Å². The van der Waals surface area contributed by atoms with Gasteiger partial charge in [-0.15, -0.1) is 0 Å². The summed E-state index contributed by atoms with van der Waals surface area (Å²) in [7, 11) is 0. The molecule has 0 aromatic carbocycles. The van der Waals surface area contributed by atoms with Gasteiger partial charge < -0.3 is 5.32 Å². The van der Waals surface area contributed by atoms with E-state index in [9.17, 15) is 4.79 Å². The first-order valence-electron chi connectivity index (χ1n) is 6.71. The minimum atomic E-state index is -0.116. The second-order valence-corrected chi connectivity index (χ2v) is 7.15. The standard InChI is InChI=1S/C14H28N2O/c1-13(2,3)11-14(4,5)15-12(17)10-16-8-6-7-9-16/h6-11H2,1-5H3,(H,15,17). The van der Waals surface area contributed by atoms with Crippen molar-refractivity contribution in [3.63, 3.8) is 0 Å². The van der Waals surface area contributed by atoms with E-state index in [-0.39, 0.29) is 16.9 Å². The lowest BCUT2D eigenvalue weighted by Gasteiger charge is -2.33. The van der Waals surface area contributed by atoms with Crippen molar-refractivity contribution in [3.05, 3.63) is 0 Å². The molecule has 0 aromatic heterocycles. The largest absolute Gasteiger partial charge is 0.350 e. The van der Waals surface area contributed by atoms with Gasteiger partial charge in [-0.05, 0) is 51.6 Å². The zero-order valence-corrected chi connectivity index (χ0v) is 12.1. The van der Waals surface area contributed by atoms with Crippen LogP contribution in [0.3, 0.4) is 0 Å². The molecule has 3 heteroatoms. The third-order valence-electron chi connectivity index (χ3n) is 3.02. The molecule has 0 bridgehead atoms. The number of nitrogens with zero attached hydrogens (tertiary/aromatic N) is 1. The van der Waals surface area contributed by atoms with Crippen molar-refractivity contribution in [1.29, 1.82) is 0 Å². The number of nitrogens with one attached hydrogen (secondary N) is 1. The zero-order valence-electron chi connectivity index (χ0n) is 12.1. The van der Waals surface area contributed by atoms with Crippen LogP contribution in [0.1, 0.15) is 53.9 Å². The maximum absolute atomic E-state index is 11.9. The van der Waals surface area contributed by atoms with Crippen molar-refractivity contribution >= 4 is 5.91 Å². The molecule has 1 aliphatic rings. The van der Waals surface area contributed by atoms with E-state index in [0.717, 1.165) is 19.5 Å². The molecule has 1 amide bonds. The van der Waals surface area contributed by atoms with Crippen LogP contribution in [-0.4, -0.2) is 36.0 Å². The molecule has 0 aromatic rings. The first-order valence-corrected chi connectivity index (χ1v) is 6.71. The normalized spacial score (nSPS) is 18.4. The fourth-order valence-electron chi connectivity index (χ4n) is 2.93. The molecule has 0 aliphatic carbocycles. The molecule has 1 rings (SSSR count). The van der Waals surface area contributed by atoms with E-state index in [4.69, 9.17) is 0 Å². The molecule has 0 unspecified atom stereocenters. The average Bonchev–Trinajstić information content (AvgIpc) is 2.49. The molecule has 0 radical (unpaired) electrons. The molecule has 1 heterocycles. The van der Waals surface area contributed by atoms with Crippen LogP contribution in [0.5, 0.6) is 0 Å². The van der Waals surface area contributed by atoms with Crippen LogP contribution in [-0.2, 0) is 4.79 Å². The smallest absolute Gasteiger partial charge is 0.234 e. The highest BCUT2D eigenvalue weighted by Gasteiger charge is 2.27. The number of rotatable bonds is 4. The van der Waals surface area contributed by atoms with Gasteiger partial charge in [0.15, 0.2) is 0 Å². The zero-order chi connectivity index (χ0) is 13.1. The second-order valence-electron chi connectivity index (χ2n) is 7.15. The lowest BCUT2D eigenvalue weighted by Crippen LogP contribution is -2.49. The van der Waals surface area contributed by atoms with Gasteiger partial charge in [0.05, 0.1) is 6.54 Å². The van der Waals surface area contributed by atoms with Crippen molar-refractivity contribution in [1.82, 2.24) is 10.2 Å². The number of amides is 1. The van der Waals surface area contributed by atoms with E-state index in [0.29, 0.717) is 6.54 Å². The van der Waals surface area contributed by atoms with Gasteiger partial charge in [-0.1, -0.05) is 20.8 Å². The van der Waals surface area contributed by atoms with Gasteiger partial charge in [0.2, 0.25) is 5.91 Å². The minimum Gasteiger partial charge on any atom is -0.350 e. The summed E-state index contributed by atoms with van der Waals surface area (Å²) in [6.07, 6.45) is 3.46. The molecule has 100 valence electrons. The highest BCUT2D eigenvalue weighted by atomic mass is 16.2. The van der Waals surface area contributed by atoms with Gasteiger partial charge in [-0.3, -0.25) is 9.69 Å². The summed E-state index contributed by atoms with van der Waals surface area (Å²) in [6, 6.07) is 0. The summed E-state index contributed by atoms with van der Waals surface area (Å²) >= 11 is 0. The number of likely N-dealkylation sites (tertiary alicyclic amines) is 1. The maximum Gasteiger partial charge on any atom is 0.234 e. The summed E-state index contributed by atoms with van der Waals surface area (Å²) < 4.78 is 0. The summed E-state index contributed by atoms with van der Waals surface area (Å²) in [5.41, 5.74) is 0.124. The Bertz CT molecular complexity index is 260. The molecule has 3 nitrogen and oxygen atoms in total. The molecule has 1 saturated heterocycles. The molecule has 1 N–H and O–H groups in total. The highest BCUT2D eigenvalue weighted by Crippen LogP contribution is 2.26. The lowest BCUT2D eigenvalue weighted by atomic mass is 9.82. The van der Waals surface area contributed by atoms with Crippen LogP contribution in [0.15, 0.2) is 0 Å². The maximum atomic E-state index is 11.9. The van der Waals surface area contributed by atoms with Gasteiger partial charge in [0, 0.05) is 5.54 Å². The number of carbonyl (C=O) groups is 1. The third kappa shape index (κ3) is 6.06. The minimum absolute atomic E-state index is 0.116. The molecule has 0 atom stereocenters. The quantitative estimate of drug-likeness (QED) is 0.818. The number of hydrogen-bond acceptors (Lipinski definition) is 2. The second kappa shape index (κ2) is 5.38. The van der Waals surface area contributed by atoms with Crippen LogP contribution in [0.25, 0.3) is 0 Å². The van der Waals surface area contributed by atoms with Crippen LogP contribution >= 0.6 is 0 Å². The van der Waals surface area contributed by atoms with Crippen LogP contribution in [0.4, 0.5) is 0 Å². The van der Waals surface area contributed by atoms with E-state index in [1.54, 1.807) is 0 Å². The summed E-state index contributed by atoms with van der Waals surface area (Å²) in [5, 5.41) is 3.16. The third-order valence-corrected chi connectivity index (χ3v) is 3.02. The van der Waals surface area contributed by atoms with E-state index >= 15 is 0 Å². The summed E-state index contributed by atoms with van der Waals surface area (Å²) in [5.74, 6) is 0.168. The average molecular weight is 240 g/mol. The first-order chi connectivity index (χ1) is 7.68. The Labute approximate surface area is 106 Å². The first kappa shape index (κ1) is 14.5. The molecule has 0 spiro atoms. The van der Waals surface area contributed by atoms with E-state index in [2.05, 4.69) is 44.8 Å². The van der Waals surface area contributed by atoms with Crippen LogP contribution < -0.4 is 5.32 Å². The Kier molecular flexibility index (Phi) is 4.59. The van der Waals surface area contributed by atoms with Gasteiger partial charge in [0.1, 0.15) is 0 Å². The fourth-order valence-corrected chi connectivity index (χ4v) is 2.93.